The van der Waals surface area contributed by atoms with Crippen molar-refractivity contribution in [1.29, 1.82) is 0 Å². The number of quaternary nitrogens is 1. The number of rotatable bonds is 6. The lowest BCUT2D eigenvalue weighted by Crippen LogP contribution is -2.65. The molecule has 20 heteroatoms. The van der Waals surface area contributed by atoms with E-state index in [1.807, 2.05) is 57.2 Å². The van der Waals surface area contributed by atoms with Gasteiger partial charge in [-0.1, -0.05) is 48.6 Å². The Bertz CT molecular complexity index is 2050. The van der Waals surface area contributed by atoms with E-state index in [0.29, 0.717) is 11.8 Å². The molecule has 16 atom stereocenters. The Morgan fingerprint density at radius 1 is 0.528 bits per heavy atom. The normalized spacial score (nSPS) is 34.1. The number of ether oxygens (including phenoxy) is 4. The van der Waals surface area contributed by atoms with Gasteiger partial charge in [0.25, 0.3) is 0 Å². The van der Waals surface area contributed by atoms with Gasteiger partial charge in [-0.25, -0.2) is 24.1 Å². The maximum Gasteiger partial charge on any atom is 0.417 e. The molecule has 9 aliphatic rings. The maximum absolute atomic E-state index is 12.0. The highest BCUT2D eigenvalue weighted by Gasteiger charge is 2.63. The molecule has 1 heterocycles. The number of carboxylic acids is 2. The van der Waals surface area contributed by atoms with E-state index in [2.05, 4.69) is 28.1 Å². The summed E-state index contributed by atoms with van der Waals surface area (Å²) >= 11 is 0. The number of β-lactam (4-membered cyclic amide) rings is 1. The molecule has 0 radical (unpaired) electrons. The molecule has 72 heavy (non-hydrogen) atoms. The zero-order valence-corrected chi connectivity index (χ0v) is 44.0. The van der Waals surface area contributed by atoms with Crippen molar-refractivity contribution in [3.8, 4) is 0 Å². The third-order valence-electron chi connectivity index (χ3n) is 14.1. The van der Waals surface area contributed by atoms with Crippen LogP contribution < -0.4 is 32.9 Å². The fraction of sp³-hybridized carbons (Fsp3) is 0.692. The van der Waals surface area contributed by atoms with Gasteiger partial charge in [-0.15, -0.1) is 0 Å². The zero-order chi connectivity index (χ0) is 52.9. The minimum atomic E-state index is -1.10. The first-order valence-corrected chi connectivity index (χ1v) is 24.7. The Balaban J connectivity index is 0.000000177. The predicted molar refractivity (Wildman–Crippen MR) is 261 cm³/mol. The van der Waals surface area contributed by atoms with Gasteiger partial charge in [0.05, 0.1) is 35.9 Å². The molecule has 5 fully saturated rings. The van der Waals surface area contributed by atoms with Gasteiger partial charge >= 0.3 is 30.3 Å². The third kappa shape index (κ3) is 13.4. The number of alkyl carbamates (subject to hydrolysis) is 3. The molecule has 400 valence electrons. The molecule has 20 nitrogen and oxygen atoms in total. The van der Waals surface area contributed by atoms with Crippen LogP contribution in [0.1, 0.15) is 109 Å². The molecule has 0 unspecified atom stereocenters. The van der Waals surface area contributed by atoms with E-state index < -0.39 is 76.6 Å². The van der Waals surface area contributed by atoms with Crippen LogP contribution in [0.5, 0.6) is 0 Å². The van der Waals surface area contributed by atoms with Gasteiger partial charge in [0.2, 0.25) is 11.8 Å². The predicted octanol–water partition coefficient (Wildman–Crippen LogP) is 5.76. The molecule has 8 aliphatic carbocycles. The number of primary amides is 1. The van der Waals surface area contributed by atoms with Crippen molar-refractivity contribution in [2.45, 2.75) is 155 Å². The van der Waals surface area contributed by atoms with Crippen molar-refractivity contribution in [3.05, 3.63) is 48.6 Å². The summed E-state index contributed by atoms with van der Waals surface area (Å²) in [6, 6.07) is -0.938. The lowest BCUT2D eigenvalue weighted by molar-refractivity contribution is -0.313. The summed E-state index contributed by atoms with van der Waals surface area (Å²) in [5, 5.41) is 28.5. The second kappa shape index (κ2) is 21.3. The first-order valence-electron chi connectivity index (χ1n) is 24.7. The highest BCUT2D eigenvalue weighted by atomic mass is 16.6. The minimum absolute atomic E-state index is 0. The van der Waals surface area contributed by atoms with Crippen LogP contribution in [0.25, 0.3) is 0 Å². The Hall–Kier alpha value is -5.92. The molecule has 1 saturated heterocycles. The molecule has 8 bridgehead atoms. The van der Waals surface area contributed by atoms with Crippen LogP contribution in [0.15, 0.2) is 48.6 Å². The van der Waals surface area contributed by atoms with Crippen LogP contribution in [0.3, 0.4) is 0 Å². The van der Waals surface area contributed by atoms with E-state index in [9.17, 15) is 48.6 Å². The lowest BCUT2D eigenvalue weighted by atomic mass is 9.80. The van der Waals surface area contributed by atoms with Gasteiger partial charge in [0, 0.05) is 17.9 Å². The smallest absolute Gasteiger partial charge is 0.417 e. The van der Waals surface area contributed by atoms with Crippen LogP contribution >= 0.6 is 0 Å². The number of fused-ring (bicyclic) bond motifs is 11. The van der Waals surface area contributed by atoms with Crippen molar-refractivity contribution in [2.75, 3.05) is 0 Å². The lowest BCUT2D eigenvalue weighted by Gasteiger charge is -2.46. The van der Waals surface area contributed by atoms with E-state index in [-0.39, 0.29) is 83.4 Å². The largest absolute Gasteiger partial charge is 0.550 e. The number of nitrogens with two attached hydrogens (primary N) is 1. The van der Waals surface area contributed by atoms with E-state index in [1.54, 1.807) is 62.3 Å². The van der Waals surface area contributed by atoms with Gasteiger partial charge in [0.1, 0.15) is 22.4 Å². The number of nitrogens with zero attached hydrogens (tertiary/aromatic N) is 1. The summed E-state index contributed by atoms with van der Waals surface area (Å²) in [5.74, 6) is -2.56. The summed E-state index contributed by atoms with van der Waals surface area (Å²) < 4.78 is 20.8. The van der Waals surface area contributed by atoms with Crippen molar-refractivity contribution >= 4 is 48.1 Å². The number of carbonyl (C=O) groups excluding carboxylic acids is 7. The average molecular weight is 1010 g/mol. The Labute approximate surface area is 422 Å². The van der Waals surface area contributed by atoms with E-state index >= 15 is 0 Å². The second-order valence-electron chi connectivity index (χ2n) is 24.2. The number of hydrogen-bond donors (Lipinski definition) is 6. The molecule has 0 aromatic rings. The standard InChI is InChI=1S/C13H20N2O3.2C13H19NO4.C13H17NO3.H3N/c1-13(2,3)18-12(17)15-10-8-5-4-7(6-8)9(10)11(14)16;2*1-13(2,3)18-12(17)14-10-8-5-4-7(6-8)9(10)11(15)16;1-13(2,3)17-12(16)14-10-8-5-4-7(6-8)9(10)11(14)15;/h4-5,7-10H,6H2,1-3H3,(H2,14,16)(H,15,17);2*4-5,7-10H,6H2,1-3H3,(H,14,17)(H,15,16);4-5,7-10H,6H2,1-3H3;1H3/t4*7-,8+,9+,10-;/m1001./s1. The molecule has 4 saturated carbocycles. The summed E-state index contributed by atoms with van der Waals surface area (Å²) in [4.78, 5) is 94.2. The average Bonchev–Trinajstić information content (AvgIpc) is 4.06. The quantitative estimate of drug-likeness (QED) is 0.105. The third-order valence-corrected chi connectivity index (χ3v) is 14.1. The van der Waals surface area contributed by atoms with Gasteiger partial charge in [0.15, 0.2) is 0 Å². The molecule has 0 spiro atoms. The first kappa shape index (κ1) is 57.0. The summed E-state index contributed by atoms with van der Waals surface area (Å²) in [7, 11) is 0. The number of carbonyl (C=O) groups is 8. The number of aliphatic carboxylic acids is 2. The van der Waals surface area contributed by atoms with Gasteiger partial charge in [-0.2, -0.15) is 0 Å². The fourth-order valence-electron chi connectivity index (χ4n) is 11.7. The number of carboxylic acid groups (broad SMARTS) is 2. The topological polar surface area (TPSA) is 319 Å². The highest BCUT2D eigenvalue weighted by molar-refractivity contribution is 6.00. The minimum Gasteiger partial charge on any atom is -0.550 e. The van der Waals surface area contributed by atoms with Crippen LogP contribution in [-0.4, -0.2) is 105 Å². The summed E-state index contributed by atoms with van der Waals surface area (Å²) in [6.45, 7) is 21.5. The highest BCUT2D eigenvalue weighted by Crippen LogP contribution is 2.53. The summed E-state index contributed by atoms with van der Waals surface area (Å²) in [5.41, 5.74) is 3.16. The summed E-state index contributed by atoms with van der Waals surface area (Å²) in [6.07, 6.45) is 17.5. The number of allylic oxidation sites excluding steroid dienone is 4. The van der Waals surface area contributed by atoms with Crippen LogP contribution in [0.4, 0.5) is 19.2 Å². The molecule has 6 amide bonds. The second-order valence-corrected chi connectivity index (χ2v) is 24.2. The molecule has 0 aromatic carbocycles. The molecule has 9 rings (SSSR count). The molecule has 0 aromatic heterocycles. The van der Waals surface area contributed by atoms with E-state index in [4.69, 9.17) is 24.7 Å². The van der Waals surface area contributed by atoms with Crippen molar-refractivity contribution in [2.24, 2.45) is 76.7 Å². The number of nitrogens with one attached hydrogen (secondary N) is 3. The molecule has 10 N–H and O–H groups in total. The Morgan fingerprint density at radius 2 is 0.847 bits per heavy atom. The number of hydrogen-bond acceptors (Lipinski definition) is 13. The van der Waals surface area contributed by atoms with Crippen LogP contribution in [-0.2, 0) is 38.1 Å². The van der Waals surface area contributed by atoms with E-state index in [1.165, 1.54) is 4.90 Å². The number of amides is 6. The van der Waals surface area contributed by atoms with Gasteiger partial charge < -0.3 is 61.8 Å². The van der Waals surface area contributed by atoms with Gasteiger partial charge in [-0.05, 0) is 156 Å². The number of imide groups is 1. The van der Waals surface area contributed by atoms with Crippen molar-refractivity contribution in [3.63, 3.8) is 0 Å². The van der Waals surface area contributed by atoms with Gasteiger partial charge in [-0.3, -0.25) is 14.4 Å². The van der Waals surface area contributed by atoms with Crippen molar-refractivity contribution < 1.29 is 67.5 Å². The van der Waals surface area contributed by atoms with Crippen molar-refractivity contribution in [1.82, 2.24) is 27.0 Å². The SMILES string of the molecule is CC(C)(C)OC(=O)N1C(=O)[C@@H]2[C@H]1[C@H]1C=C[C@@H]2C1.CC(C)(C)OC(=O)N[C@@H]1[C@H](C(=O)O)[C@H]2C=C[C@@H]1C2.CC(C)(C)OC(=O)N[C@@H]1[C@H](C(=O)[O-])[C@H]2C=C[C@@H]1C2.CC(C)(C)OC(=O)N[C@H]1[C@@H](C(N)=O)[C@@H]2C=C[C@H]1C2.[NH4+]. The fourth-order valence-corrected chi connectivity index (χ4v) is 11.7. The van der Waals surface area contributed by atoms with Crippen LogP contribution in [0, 0.1) is 71.0 Å². The Morgan fingerprint density at radius 3 is 1.22 bits per heavy atom. The number of likely N-dealkylation sites (tertiary alicyclic amines) is 1. The van der Waals surface area contributed by atoms with Crippen LogP contribution in [0.2, 0.25) is 0 Å². The molecular formula is C52H78N6O14. The molecular weight excluding hydrogens is 933 g/mol. The Kier molecular flexibility index (Phi) is 16.8. The molecule has 1 aliphatic heterocycles. The van der Waals surface area contributed by atoms with E-state index in [0.717, 1.165) is 25.7 Å². The monoisotopic (exact) mass is 1010 g/mol. The first-order chi connectivity index (χ1) is 32.7. The maximum atomic E-state index is 12.0. The zero-order valence-electron chi connectivity index (χ0n) is 44.0.